The van der Waals surface area contributed by atoms with Gasteiger partial charge in [0, 0.05) is 28.3 Å². The van der Waals surface area contributed by atoms with Crippen molar-refractivity contribution >= 4 is 23.0 Å². The number of rotatable bonds is 4. The largest absolute Gasteiger partial charge is 0.354 e. The Bertz CT molecular complexity index is 215. The van der Waals surface area contributed by atoms with E-state index in [9.17, 15) is 0 Å². The van der Waals surface area contributed by atoms with Gasteiger partial charge >= 0.3 is 0 Å². The predicted molar refractivity (Wildman–Crippen MR) is 60.3 cm³/mol. The van der Waals surface area contributed by atoms with Crippen molar-refractivity contribution in [1.82, 2.24) is 10.3 Å². The van der Waals surface area contributed by atoms with Gasteiger partial charge in [-0.2, -0.15) is 5.10 Å². The first-order chi connectivity index (χ1) is 6.52. The minimum atomic E-state index is -0.438. The second-order valence-electron chi connectivity index (χ2n) is 2.87. The molecular formula is C8H17N3O2S. The van der Waals surface area contributed by atoms with E-state index in [1.165, 1.54) is 0 Å². The van der Waals surface area contributed by atoms with Crippen LogP contribution in [0.1, 0.15) is 6.92 Å². The zero-order valence-electron chi connectivity index (χ0n) is 9.20. The summed E-state index contributed by atoms with van der Waals surface area (Å²) in [4.78, 5) is 1.75. The van der Waals surface area contributed by atoms with Crippen LogP contribution in [0.4, 0.5) is 0 Å². The van der Waals surface area contributed by atoms with Gasteiger partial charge in [0.2, 0.25) is 0 Å². The van der Waals surface area contributed by atoms with Crippen molar-refractivity contribution in [2.75, 3.05) is 28.3 Å². The highest BCUT2D eigenvalue weighted by molar-refractivity contribution is 7.80. The molecule has 14 heavy (non-hydrogen) atoms. The number of hydrogen-bond donors (Lipinski definition) is 1. The van der Waals surface area contributed by atoms with Crippen molar-refractivity contribution in [1.29, 1.82) is 0 Å². The van der Waals surface area contributed by atoms with Crippen molar-refractivity contribution in [2.45, 2.75) is 13.2 Å². The van der Waals surface area contributed by atoms with E-state index >= 15 is 0 Å². The zero-order chi connectivity index (χ0) is 11.1. The lowest BCUT2D eigenvalue weighted by molar-refractivity contribution is -0.0525. The normalized spacial score (nSPS) is 11.7. The first-order valence-electron chi connectivity index (χ1n) is 4.10. The minimum Gasteiger partial charge on any atom is -0.354 e. The van der Waals surface area contributed by atoms with E-state index in [1.54, 1.807) is 26.0 Å². The number of methoxy groups -OCH3 is 2. The molecule has 0 aliphatic rings. The molecule has 0 aliphatic carbocycles. The van der Waals surface area contributed by atoms with Crippen LogP contribution < -0.4 is 5.43 Å². The van der Waals surface area contributed by atoms with Gasteiger partial charge in [-0.25, -0.2) is 0 Å². The maximum atomic E-state index is 5.00. The summed E-state index contributed by atoms with van der Waals surface area (Å²) in [5.74, 6) is 0. The molecule has 0 aromatic rings. The lowest BCUT2D eigenvalue weighted by atomic mass is 10.4. The molecule has 0 aromatic heterocycles. The van der Waals surface area contributed by atoms with Crippen LogP contribution in [0.5, 0.6) is 0 Å². The van der Waals surface area contributed by atoms with E-state index in [2.05, 4.69) is 10.5 Å². The average molecular weight is 219 g/mol. The highest BCUT2D eigenvalue weighted by Crippen LogP contribution is 1.94. The molecule has 0 aromatic carbocycles. The summed E-state index contributed by atoms with van der Waals surface area (Å²) < 4.78 is 10.0. The average Bonchev–Trinajstić information content (AvgIpc) is 2.15. The smallest absolute Gasteiger partial charge is 0.198 e. The van der Waals surface area contributed by atoms with Gasteiger partial charge in [-0.1, -0.05) is 0 Å². The molecule has 0 unspecified atom stereocenters. The highest BCUT2D eigenvalue weighted by Gasteiger charge is 2.09. The summed E-state index contributed by atoms with van der Waals surface area (Å²) in [6.45, 7) is 1.79. The fraction of sp³-hybridized carbons (Fsp3) is 0.750. The Morgan fingerprint density at radius 2 is 1.86 bits per heavy atom. The summed E-state index contributed by atoms with van der Waals surface area (Å²) in [6, 6.07) is 0. The number of ether oxygens (including phenoxy) is 2. The van der Waals surface area contributed by atoms with Gasteiger partial charge in [-0.3, -0.25) is 5.43 Å². The second kappa shape index (κ2) is 6.69. The Labute approximate surface area is 90.1 Å². The highest BCUT2D eigenvalue weighted by atomic mass is 32.1. The molecule has 0 saturated carbocycles. The third-order valence-electron chi connectivity index (χ3n) is 1.50. The molecule has 0 atom stereocenters. The Balaban J connectivity index is 4.17. The van der Waals surface area contributed by atoms with Gasteiger partial charge in [0.05, 0.1) is 5.71 Å². The van der Waals surface area contributed by atoms with E-state index in [0.29, 0.717) is 10.8 Å². The lowest BCUT2D eigenvalue weighted by Gasteiger charge is -2.15. The van der Waals surface area contributed by atoms with Gasteiger partial charge in [0.15, 0.2) is 11.4 Å². The van der Waals surface area contributed by atoms with E-state index in [4.69, 9.17) is 21.7 Å². The molecule has 6 heteroatoms. The fourth-order valence-corrected chi connectivity index (χ4v) is 0.772. The Morgan fingerprint density at radius 1 is 1.36 bits per heavy atom. The van der Waals surface area contributed by atoms with Crippen molar-refractivity contribution < 1.29 is 9.47 Å². The molecule has 0 rings (SSSR count). The molecule has 0 saturated heterocycles. The molecule has 0 fully saturated rings. The quantitative estimate of drug-likeness (QED) is 0.321. The third kappa shape index (κ3) is 4.50. The first-order valence-corrected chi connectivity index (χ1v) is 4.50. The van der Waals surface area contributed by atoms with Crippen LogP contribution in [0.3, 0.4) is 0 Å². The SMILES string of the molecule is COC(OC)/C(C)=N/NC(=S)N(C)C. The molecule has 0 heterocycles. The van der Waals surface area contributed by atoms with Gasteiger partial charge in [-0.15, -0.1) is 0 Å². The van der Waals surface area contributed by atoms with Crippen LogP contribution >= 0.6 is 12.2 Å². The lowest BCUT2D eigenvalue weighted by Crippen LogP contribution is -2.33. The molecule has 0 spiro atoms. The summed E-state index contributed by atoms with van der Waals surface area (Å²) in [5.41, 5.74) is 3.40. The van der Waals surface area contributed by atoms with E-state index < -0.39 is 6.29 Å². The van der Waals surface area contributed by atoms with Crippen LogP contribution in [0.25, 0.3) is 0 Å². The number of hydrazone groups is 1. The molecular weight excluding hydrogens is 202 g/mol. The molecule has 0 bridgehead atoms. The Morgan fingerprint density at radius 3 is 2.21 bits per heavy atom. The second-order valence-corrected chi connectivity index (χ2v) is 3.25. The number of nitrogens with zero attached hydrogens (tertiary/aromatic N) is 2. The van der Waals surface area contributed by atoms with E-state index in [0.717, 1.165) is 0 Å². The van der Waals surface area contributed by atoms with Crippen molar-refractivity contribution in [3.8, 4) is 0 Å². The summed E-state index contributed by atoms with van der Waals surface area (Å²) in [5, 5.41) is 4.56. The summed E-state index contributed by atoms with van der Waals surface area (Å²) in [6.07, 6.45) is -0.438. The molecule has 0 radical (unpaired) electrons. The van der Waals surface area contributed by atoms with Crippen LogP contribution in [-0.2, 0) is 9.47 Å². The van der Waals surface area contributed by atoms with E-state index in [-0.39, 0.29) is 0 Å². The maximum Gasteiger partial charge on any atom is 0.198 e. The molecule has 82 valence electrons. The van der Waals surface area contributed by atoms with E-state index in [1.807, 2.05) is 14.1 Å². The number of hydrogen-bond acceptors (Lipinski definition) is 4. The molecule has 5 nitrogen and oxygen atoms in total. The maximum absolute atomic E-state index is 5.00. The fourth-order valence-electron chi connectivity index (χ4n) is 0.726. The summed E-state index contributed by atoms with van der Waals surface area (Å²) >= 11 is 4.98. The van der Waals surface area contributed by atoms with Crippen LogP contribution in [0.2, 0.25) is 0 Å². The number of nitrogens with one attached hydrogen (secondary N) is 1. The minimum absolute atomic E-state index is 0.438. The van der Waals surface area contributed by atoms with Gasteiger partial charge < -0.3 is 14.4 Å². The van der Waals surface area contributed by atoms with Crippen molar-refractivity contribution in [3.63, 3.8) is 0 Å². The zero-order valence-corrected chi connectivity index (χ0v) is 10.0. The van der Waals surface area contributed by atoms with Crippen LogP contribution in [-0.4, -0.2) is 50.3 Å². The third-order valence-corrected chi connectivity index (χ3v) is 1.96. The summed E-state index contributed by atoms with van der Waals surface area (Å²) in [7, 11) is 6.78. The van der Waals surface area contributed by atoms with Gasteiger partial charge in [0.1, 0.15) is 0 Å². The van der Waals surface area contributed by atoms with Crippen molar-refractivity contribution in [2.24, 2.45) is 5.10 Å². The van der Waals surface area contributed by atoms with Crippen molar-refractivity contribution in [3.05, 3.63) is 0 Å². The van der Waals surface area contributed by atoms with Gasteiger partial charge in [-0.05, 0) is 19.1 Å². The number of thiocarbonyl (C=S) groups is 1. The molecule has 0 amide bonds. The Hall–Kier alpha value is -0.720. The molecule has 1 N–H and O–H groups in total. The van der Waals surface area contributed by atoms with Crippen LogP contribution in [0, 0.1) is 0 Å². The topological polar surface area (TPSA) is 46.1 Å². The first kappa shape index (κ1) is 13.3. The predicted octanol–water partition coefficient (Wildman–Crippen LogP) is 0.417. The van der Waals surface area contributed by atoms with Crippen LogP contribution in [0.15, 0.2) is 5.10 Å². The molecule has 0 aliphatic heterocycles. The monoisotopic (exact) mass is 219 g/mol. The Kier molecular flexibility index (Phi) is 6.35. The standard InChI is InChI=1S/C8H17N3O2S/c1-6(7(12-4)13-5)9-10-8(14)11(2)3/h7H,1-5H3,(H,10,14)/b9-6+. The van der Waals surface area contributed by atoms with Gasteiger partial charge in [0.25, 0.3) is 0 Å².